The van der Waals surface area contributed by atoms with Crippen molar-refractivity contribution in [2.45, 2.75) is 86.3 Å². The lowest BCUT2D eigenvalue weighted by atomic mass is 9.75. The Morgan fingerprint density at radius 3 is 2.54 bits per heavy atom. The molecule has 0 amide bonds. The first-order valence-corrected chi connectivity index (χ1v) is 11.0. The van der Waals surface area contributed by atoms with Crippen molar-refractivity contribution in [3.63, 3.8) is 0 Å². The minimum atomic E-state index is -0.136. The molecule has 28 heavy (non-hydrogen) atoms. The molecule has 1 aromatic carbocycles. The first-order valence-electron chi connectivity index (χ1n) is 11.0. The van der Waals surface area contributed by atoms with E-state index >= 15 is 0 Å². The van der Waals surface area contributed by atoms with E-state index in [1.165, 1.54) is 12.8 Å². The van der Waals surface area contributed by atoms with Gasteiger partial charge in [-0.3, -0.25) is 4.79 Å². The van der Waals surface area contributed by atoms with Crippen LogP contribution in [0.2, 0.25) is 0 Å². The fraction of sp³-hybridized carbons (Fsp3) is 0.667. The van der Waals surface area contributed by atoms with Crippen molar-refractivity contribution in [1.82, 2.24) is 9.55 Å². The smallest absolute Gasteiger partial charge is 0.326 e. The van der Waals surface area contributed by atoms with E-state index in [0.717, 1.165) is 36.1 Å². The van der Waals surface area contributed by atoms with Gasteiger partial charge in [-0.15, -0.1) is 0 Å². The highest BCUT2D eigenvalue weighted by atomic mass is 16.5. The number of carbonyl (C=O) groups excluding carboxylic acids is 1. The minimum absolute atomic E-state index is 0.0520. The van der Waals surface area contributed by atoms with Gasteiger partial charge < -0.3 is 9.30 Å². The molecule has 1 unspecified atom stereocenters. The van der Waals surface area contributed by atoms with Gasteiger partial charge >= 0.3 is 5.97 Å². The number of rotatable bonds is 5. The standard InChI is InChI=1S/C21H30N2O2.C3H8/c1-5-20-22-17-8-6-7-9-18(17)23(20)13-21(24)25-19-12-15(4)10-11-16(19)14(2)3;1-3-2/h6-9,14-16,19H,5,10-13H2,1-4H3;3H2,1-2H3/t15-,16+,19?;/m1./s1. The number of para-hydroxylation sites is 2. The molecule has 0 saturated heterocycles. The zero-order valence-electron chi connectivity index (χ0n) is 18.6. The molecule has 1 aliphatic rings. The summed E-state index contributed by atoms with van der Waals surface area (Å²) in [6, 6.07) is 7.99. The number of nitrogens with zero attached hydrogens (tertiary/aromatic N) is 2. The van der Waals surface area contributed by atoms with Gasteiger partial charge in [0.05, 0.1) is 11.0 Å². The Morgan fingerprint density at radius 1 is 1.21 bits per heavy atom. The molecule has 1 saturated carbocycles. The van der Waals surface area contributed by atoms with Crippen molar-refractivity contribution < 1.29 is 9.53 Å². The molecule has 4 heteroatoms. The molecule has 1 heterocycles. The van der Waals surface area contributed by atoms with E-state index in [1.54, 1.807) is 0 Å². The summed E-state index contributed by atoms with van der Waals surface area (Å²) in [5.41, 5.74) is 1.95. The van der Waals surface area contributed by atoms with Crippen molar-refractivity contribution in [1.29, 1.82) is 0 Å². The van der Waals surface area contributed by atoms with Crippen molar-refractivity contribution in [3.8, 4) is 0 Å². The molecule has 1 aliphatic carbocycles. The maximum atomic E-state index is 12.7. The molecule has 1 aromatic heterocycles. The zero-order valence-corrected chi connectivity index (χ0v) is 18.6. The van der Waals surface area contributed by atoms with Crippen LogP contribution in [0.5, 0.6) is 0 Å². The second kappa shape index (κ2) is 10.6. The summed E-state index contributed by atoms with van der Waals surface area (Å²) in [5, 5.41) is 0. The number of esters is 1. The number of fused-ring (bicyclic) bond motifs is 1. The molecule has 4 nitrogen and oxygen atoms in total. The Morgan fingerprint density at radius 2 is 1.89 bits per heavy atom. The van der Waals surface area contributed by atoms with Gasteiger partial charge in [-0.25, -0.2) is 4.98 Å². The van der Waals surface area contributed by atoms with Crippen molar-refractivity contribution in [3.05, 3.63) is 30.1 Å². The Kier molecular flexibility index (Phi) is 8.53. The first kappa shape index (κ1) is 22.4. The Balaban J connectivity index is 0.000000878. The topological polar surface area (TPSA) is 44.1 Å². The van der Waals surface area contributed by atoms with E-state index in [9.17, 15) is 4.79 Å². The molecule has 2 aromatic rings. The first-order chi connectivity index (χ1) is 13.4. The summed E-state index contributed by atoms with van der Waals surface area (Å²) in [6.45, 7) is 13.3. The summed E-state index contributed by atoms with van der Waals surface area (Å²) in [7, 11) is 0. The van der Waals surface area contributed by atoms with Gasteiger partial charge in [-0.05, 0) is 42.7 Å². The summed E-state index contributed by atoms with van der Waals surface area (Å²) in [4.78, 5) is 17.3. The maximum absolute atomic E-state index is 12.7. The fourth-order valence-corrected chi connectivity index (χ4v) is 4.16. The van der Waals surface area contributed by atoms with E-state index < -0.39 is 0 Å². The van der Waals surface area contributed by atoms with E-state index in [2.05, 4.69) is 46.5 Å². The van der Waals surface area contributed by atoms with Gasteiger partial charge in [0.2, 0.25) is 0 Å². The SMILES string of the molecule is CCC.CCc1nc2ccccc2n1CC(=O)OC1C[C@H](C)CC[C@H]1C(C)C. The normalized spacial score (nSPS) is 22.0. The van der Waals surface area contributed by atoms with Crippen LogP contribution < -0.4 is 0 Å². The van der Waals surface area contributed by atoms with E-state index in [-0.39, 0.29) is 18.6 Å². The predicted octanol–water partition coefficient (Wildman–Crippen LogP) is 6.02. The number of benzene rings is 1. The maximum Gasteiger partial charge on any atom is 0.326 e. The fourth-order valence-electron chi connectivity index (χ4n) is 4.16. The van der Waals surface area contributed by atoms with Crippen molar-refractivity contribution >= 4 is 17.0 Å². The summed E-state index contributed by atoms with van der Waals surface area (Å²) < 4.78 is 7.98. The van der Waals surface area contributed by atoms with E-state index in [1.807, 2.05) is 28.8 Å². The average molecular weight is 387 g/mol. The number of hydrogen-bond acceptors (Lipinski definition) is 3. The number of hydrogen-bond donors (Lipinski definition) is 0. The van der Waals surface area contributed by atoms with Crippen LogP contribution in [0.3, 0.4) is 0 Å². The molecule has 0 bridgehead atoms. The zero-order chi connectivity index (χ0) is 20.7. The third-order valence-corrected chi connectivity index (χ3v) is 5.58. The minimum Gasteiger partial charge on any atom is -0.461 e. The number of carbonyl (C=O) groups is 1. The summed E-state index contributed by atoms with van der Waals surface area (Å²) in [5.74, 6) is 2.46. The molecular weight excluding hydrogens is 348 g/mol. The summed E-state index contributed by atoms with van der Waals surface area (Å²) >= 11 is 0. The number of aromatic nitrogens is 2. The van der Waals surface area contributed by atoms with Gasteiger partial charge in [0.15, 0.2) is 0 Å². The highest BCUT2D eigenvalue weighted by Gasteiger charge is 2.33. The van der Waals surface area contributed by atoms with Crippen LogP contribution in [-0.2, 0) is 22.5 Å². The number of aryl methyl sites for hydroxylation is 1. The molecular formula is C24H38N2O2. The lowest BCUT2D eigenvalue weighted by Crippen LogP contribution is -2.36. The Bertz CT molecular complexity index is 750. The van der Waals surface area contributed by atoms with Gasteiger partial charge in [-0.1, -0.05) is 66.5 Å². The van der Waals surface area contributed by atoms with Gasteiger partial charge in [0.25, 0.3) is 0 Å². The third kappa shape index (κ3) is 5.59. The number of ether oxygens (including phenoxy) is 1. The van der Waals surface area contributed by atoms with Crippen LogP contribution in [0.1, 0.15) is 73.1 Å². The van der Waals surface area contributed by atoms with Gasteiger partial charge in [-0.2, -0.15) is 0 Å². The average Bonchev–Trinajstić information content (AvgIpc) is 3.00. The third-order valence-electron chi connectivity index (χ3n) is 5.58. The molecule has 1 fully saturated rings. The predicted molar refractivity (Wildman–Crippen MR) is 116 cm³/mol. The van der Waals surface area contributed by atoms with Gasteiger partial charge in [0.1, 0.15) is 18.5 Å². The Labute approximate surface area is 170 Å². The molecule has 156 valence electrons. The second-order valence-corrected chi connectivity index (χ2v) is 8.52. The summed E-state index contributed by atoms with van der Waals surface area (Å²) in [6.07, 6.45) is 5.49. The van der Waals surface area contributed by atoms with E-state index in [0.29, 0.717) is 17.8 Å². The lowest BCUT2D eigenvalue weighted by Gasteiger charge is -2.36. The van der Waals surface area contributed by atoms with Crippen LogP contribution in [0.15, 0.2) is 24.3 Å². The highest BCUT2D eigenvalue weighted by Crippen LogP contribution is 2.35. The molecule has 0 radical (unpaired) electrons. The van der Waals surface area contributed by atoms with Crippen LogP contribution in [-0.4, -0.2) is 21.6 Å². The Hall–Kier alpha value is -1.84. The quantitative estimate of drug-likeness (QED) is 0.590. The molecule has 0 aliphatic heterocycles. The number of imidazole rings is 1. The molecule has 0 spiro atoms. The second-order valence-electron chi connectivity index (χ2n) is 8.52. The van der Waals surface area contributed by atoms with Crippen LogP contribution >= 0.6 is 0 Å². The van der Waals surface area contributed by atoms with Crippen molar-refractivity contribution in [2.24, 2.45) is 17.8 Å². The van der Waals surface area contributed by atoms with Crippen LogP contribution in [0.4, 0.5) is 0 Å². The highest BCUT2D eigenvalue weighted by molar-refractivity contribution is 5.79. The van der Waals surface area contributed by atoms with Crippen LogP contribution in [0.25, 0.3) is 11.0 Å². The molecule has 0 N–H and O–H groups in total. The monoisotopic (exact) mass is 386 g/mol. The van der Waals surface area contributed by atoms with E-state index in [4.69, 9.17) is 4.74 Å². The van der Waals surface area contributed by atoms with Gasteiger partial charge in [0, 0.05) is 6.42 Å². The molecule has 3 atom stereocenters. The van der Waals surface area contributed by atoms with Crippen molar-refractivity contribution in [2.75, 3.05) is 0 Å². The largest absolute Gasteiger partial charge is 0.461 e. The van der Waals surface area contributed by atoms with Crippen LogP contribution in [0, 0.1) is 17.8 Å². The molecule has 3 rings (SSSR count). The lowest BCUT2D eigenvalue weighted by molar-refractivity contribution is -0.156.